The highest BCUT2D eigenvalue weighted by Crippen LogP contribution is 2.49. The van der Waals surface area contributed by atoms with Gasteiger partial charge in [-0.15, -0.1) is 0 Å². The molecule has 3 rings (SSSR count). The maximum atomic E-state index is 6.18. The van der Waals surface area contributed by atoms with E-state index in [1.165, 1.54) is 21.5 Å². The number of rotatable bonds is 4. The summed E-state index contributed by atoms with van der Waals surface area (Å²) >= 11 is 0. The number of hydrogen-bond acceptors (Lipinski definition) is 1. The Morgan fingerprint density at radius 2 is 1.38 bits per heavy atom. The summed E-state index contributed by atoms with van der Waals surface area (Å²) in [4.78, 5) is 0. The summed E-state index contributed by atoms with van der Waals surface area (Å²) in [5, 5.41) is 4.20. The van der Waals surface area contributed by atoms with Gasteiger partial charge in [-0.2, -0.15) is 0 Å². The van der Waals surface area contributed by atoms with Gasteiger partial charge in [-0.05, 0) is 42.8 Å². The number of allylic oxidation sites excluding steroid dienone is 2. The zero-order valence-electron chi connectivity index (χ0n) is 12.2. The third-order valence-electron chi connectivity index (χ3n) is 3.70. The highest BCUT2D eigenvalue weighted by molar-refractivity contribution is 7.77. The fraction of sp³-hybridized carbons (Fsp3) is 0.158. The first kappa shape index (κ1) is 14.3. The van der Waals surface area contributed by atoms with Crippen molar-refractivity contribution in [3.8, 4) is 0 Å². The molecule has 0 saturated heterocycles. The zero-order valence-corrected chi connectivity index (χ0v) is 13.1. The number of nitrogens with two attached hydrogens (primary N) is 1. The van der Waals surface area contributed by atoms with Crippen LogP contribution in [0, 0.1) is 0 Å². The first-order valence-electron chi connectivity index (χ1n) is 7.34. The second kappa shape index (κ2) is 6.39. The SMILES string of the molecule is C[C@H](N)C1=CCC=C1P(c1ccccc1)c1ccccc1. The van der Waals surface area contributed by atoms with Gasteiger partial charge >= 0.3 is 0 Å². The molecule has 0 aromatic heterocycles. The Morgan fingerprint density at radius 3 is 1.86 bits per heavy atom. The van der Waals surface area contributed by atoms with Gasteiger partial charge in [0.25, 0.3) is 0 Å². The second-order valence-corrected chi connectivity index (χ2v) is 7.47. The van der Waals surface area contributed by atoms with Gasteiger partial charge in [-0.25, -0.2) is 0 Å². The van der Waals surface area contributed by atoms with Crippen molar-refractivity contribution in [1.29, 1.82) is 0 Å². The van der Waals surface area contributed by atoms with Crippen LogP contribution in [0.3, 0.4) is 0 Å². The molecule has 0 heterocycles. The van der Waals surface area contributed by atoms with E-state index in [0.717, 1.165) is 6.42 Å². The van der Waals surface area contributed by atoms with Crippen LogP contribution < -0.4 is 16.3 Å². The fourth-order valence-electron chi connectivity index (χ4n) is 2.74. The molecule has 1 aliphatic carbocycles. The van der Waals surface area contributed by atoms with E-state index in [0.29, 0.717) is 0 Å². The predicted octanol–water partition coefficient (Wildman–Crippen LogP) is 3.68. The summed E-state index contributed by atoms with van der Waals surface area (Å²) in [6.07, 6.45) is 5.64. The smallest absolute Gasteiger partial charge is 0.0269 e. The van der Waals surface area contributed by atoms with Gasteiger partial charge in [-0.3, -0.25) is 0 Å². The minimum Gasteiger partial charge on any atom is -0.324 e. The molecule has 21 heavy (non-hydrogen) atoms. The Hall–Kier alpha value is -1.69. The molecule has 0 spiro atoms. The van der Waals surface area contributed by atoms with Crippen molar-refractivity contribution < 1.29 is 0 Å². The number of benzene rings is 2. The van der Waals surface area contributed by atoms with Crippen LogP contribution in [0.1, 0.15) is 13.3 Å². The zero-order chi connectivity index (χ0) is 14.7. The van der Waals surface area contributed by atoms with Crippen molar-refractivity contribution in [3.05, 3.63) is 83.7 Å². The molecule has 1 atom stereocenters. The van der Waals surface area contributed by atoms with E-state index in [4.69, 9.17) is 5.73 Å². The van der Waals surface area contributed by atoms with Gasteiger partial charge in [0.1, 0.15) is 0 Å². The lowest BCUT2D eigenvalue weighted by Gasteiger charge is -2.24. The molecule has 0 saturated carbocycles. The van der Waals surface area contributed by atoms with Crippen molar-refractivity contribution in [2.45, 2.75) is 19.4 Å². The molecule has 2 aromatic carbocycles. The predicted molar refractivity (Wildman–Crippen MR) is 93.5 cm³/mol. The molecule has 1 aliphatic rings. The quantitative estimate of drug-likeness (QED) is 0.855. The molecule has 0 unspecified atom stereocenters. The average molecular weight is 293 g/mol. The summed E-state index contributed by atoms with van der Waals surface area (Å²) in [5.41, 5.74) is 7.50. The maximum Gasteiger partial charge on any atom is 0.0269 e. The standard InChI is InChI=1S/C19H20NP/c1-15(20)18-13-8-14-19(18)21(16-9-4-2-5-10-16)17-11-6-3-7-12-17/h2-7,9-15H,8,20H2,1H3/t15-/m0/s1. The Kier molecular flexibility index (Phi) is 4.34. The molecule has 0 radical (unpaired) electrons. The van der Waals surface area contributed by atoms with Gasteiger partial charge in [0.05, 0.1) is 0 Å². The van der Waals surface area contributed by atoms with Crippen molar-refractivity contribution in [3.63, 3.8) is 0 Å². The molecule has 0 aliphatic heterocycles. The third-order valence-corrected chi connectivity index (χ3v) is 6.26. The molecule has 2 N–H and O–H groups in total. The van der Waals surface area contributed by atoms with Crippen molar-refractivity contribution in [2.24, 2.45) is 5.73 Å². The first-order chi connectivity index (χ1) is 10.3. The normalized spacial score (nSPS) is 15.8. The Balaban J connectivity index is 2.08. The summed E-state index contributed by atoms with van der Waals surface area (Å²) in [6.45, 7) is 2.08. The maximum absolute atomic E-state index is 6.18. The lowest BCUT2D eigenvalue weighted by atomic mass is 10.1. The van der Waals surface area contributed by atoms with Crippen LogP contribution in [0.25, 0.3) is 0 Å². The molecular weight excluding hydrogens is 273 g/mol. The van der Waals surface area contributed by atoms with Crippen molar-refractivity contribution in [2.75, 3.05) is 0 Å². The molecule has 0 amide bonds. The molecule has 2 aromatic rings. The second-order valence-electron chi connectivity index (χ2n) is 5.28. The largest absolute Gasteiger partial charge is 0.324 e. The molecule has 2 heteroatoms. The average Bonchev–Trinajstić information content (AvgIpc) is 2.99. The van der Waals surface area contributed by atoms with Crippen LogP contribution in [-0.4, -0.2) is 6.04 Å². The van der Waals surface area contributed by atoms with Gasteiger partial charge in [0.15, 0.2) is 0 Å². The van der Waals surface area contributed by atoms with E-state index >= 15 is 0 Å². The van der Waals surface area contributed by atoms with E-state index in [-0.39, 0.29) is 6.04 Å². The molecule has 1 nitrogen and oxygen atoms in total. The highest BCUT2D eigenvalue weighted by atomic mass is 31.1. The molecule has 0 bridgehead atoms. The van der Waals surface area contributed by atoms with E-state index in [9.17, 15) is 0 Å². The van der Waals surface area contributed by atoms with Gasteiger partial charge in [-0.1, -0.05) is 72.8 Å². The fourth-order valence-corrected chi connectivity index (χ4v) is 5.38. The monoisotopic (exact) mass is 293 g/mol. The lowest BCUT2D eigenvalue weighted by molar-refractivity contribution is 0.883. The molecule has 0 fully saturated rings. The Bertz CT molecular complexity index is 617. The van der Waals surface area contributed by atoms with Crippen LogP contribution >= 0.6 is 7.92 Å². The minimum atomic E-state index is -0.511. The van der Waals surface area contributed by atoms with Crippen LogP contribution in [0.15, 0.2) is 83.7 Å². The van der Waals surface area contributed by atoms with Crippen molar-refractivity contribution >= 4 is 18.5 Å². The Labute approximate surface area is 127 Å². The van der Waals surface area contributed by atoms with E-state index in [1.807, 2.05) is 0 Å². The van der Waals surface area contributed by atoms with Crippen LogP contribution in [0.2, 0.25) is 0 Å². The number of hydrogen-bond donors (Lipinski definition) is 1. The van der Waals surface area contributed by atoms with Crippen LogP contribution in [0.5, 0.6) is 0 Å². The molecular formula is C19H20NP. The minimum absolute atomic E-state index is 0.0937. The summed E-state index contributed by atoms with van der Waals surface area (Å²) in [5.74, 6) is 0. The summed E-state index contributed by atoms with van der Waals surface area (Å²) < 4.78 is 0. The molecule has 106 valence electrons. The third kappa shape index (κ3) is 3.00. The van der Waals surface area contributed by atoms with E-state index in [1.54, 1.807) is 0 Å². The summed E-state index contributed by atoms with van der Waals surface area (Å²) in [7, 11) is -0.511. The van der Waals surface area contributed by atoms with Gasteiger partial charge in [0.2, 0.25) is 0 Å². The van der Waals surface area contributed by atoms with E-state index < -0.39 is 7.92 Å². The van der Waals surface area contributed by atoms with Crippen LogP contribution in [0.4, 0.5) is 0 Å². The van der Waals surface area contributed by atoms with Crippen LogP contribution in [-0.2, 0) is 0 Å². The highest BCUT2D eigenvalue weighted by Gasteiger charge is 2.24. The topological polar surface area (TPSA) is 26.0 Å². The first-order valence-corrected chi connectivity index (χ1v) is 8.68. The van der Waals surface area contributed by atoms with Gasteiger partial charge in [0, 0.05) is 6.04 Å². The van der Waals surface area contributed by atoms with E-state index in [2.05, 4.69) is 79.7 Å². The van der Waals surface area contributed by atoms with Crippen molar-refractivity contribution in [1.82, 2.24) is 0 Å². The lowest BCUT2D eigenvalue weighted by Crippen LogP contribution is -2.21. The summed E-state index contributed by atoms with van der Waals surface area (Å²) in [6, 6.07) is 21.7. The van der Waals surface area contributed by atoms with Gasteiger partial charge < -0.3 is 5.73 Å². The Morgan fingerprint density at radius 1 is 0.857 bits per heavy atom.